The minimum absolute atomic E-state index is 0.503. The molecule has 14 heavy (non-hydrogen) atoms. The van der Waals surface area contributed by atoms with E-state index in [1.807, 2.05) is 30.7 Å². The molecule has 5 nitrogen and oxygen atoms in total. The van der Waals surface area contributed by atoms with Crippen LogP contribution >= 0.6 is 0 Å². The van der Waals surface area contributed by atoms with Crippen molar-refractivity contribution >= 4 is 5.95 Å². The number of nitrogens with zero attached hydrogens (tertiary/aromatic N) is 3. The third-order valence-corrected chi connectivity index (χ3v) is 1.94. The van der Waals surface area contributed by atoms with Gasteiger partial charge in [-0.3, -0.25) is 0 Å². The Morgan fingerprint density at radius 1 is 1.50 bits per heavy atom. The first kappa shape index (κ1) is 8.80. The van der Waals surface area contributed by atoms with E-state index in [2.05, 4.69) is 10.1 Å². The first-order valence-corrected chi connectivity index (χ1v) is 4.36. The predicted octanol–water partition coefficient (Wildman–Crippen LogP) is 1.12. The van der Waals surface area contributed by atoms with Crippen molar-refractivity contribution in [1.82, 2.24) is 14.7 Å². The molecule has 0 spiro atoms. The summed E-state index contributed by atoms with van der Waals surface area (Å²) in [7, 11) is 0. The molecule has 0 amide bonds. The Labute approximate surface area is 81.5 Å². The van der Waals surface area contributed by atoms with Gasteiger partial charge in [-0.2, -0.15) is 0 Å². The van der Waals surface area contributed by atoms with Crippen molar-refractivity contribution < 1.29 is 4.52 Å². The van der Waals surface area contributed by atoms with Gasteiger partial charge in [-0.25, -0.2) is 4.98 Å². The van der Waals surface area contributed by atoms with E-state index in [1.54, 1.807) is 0 Å². The van der Waals surface area contributed by atoms with Crippen LogP contribution in [0.25, 0.3) is 0 Å². The molecule has 2 heterocycles. The van der Waals surface area contributed by atoms with Crippen molar-refractivity contribution in [3.05, 3.63) is 29.4 Å². The molecule has 2 N–H and O–H groups in total. The lowest BCUT2D eigenvalue weighted by Crippen LogP contribution is -2.03. The first-order valence-electron chi connectivity index (χ1n) is 4.36. The van der Waals surface area contributed by atoms with Crippen LogP contribution in [0.1, 0.15) is 17.1 Å². The van der Waals surface area contributed by atoms with E-state index in [0.717, 1.165) is 17.1 Å². The van der Waals surface area contributed by atoms with E-state index in [-0.39, 0.29) is 0 Å². The van der Waals surface area contributed by atoms with Crippen LogP contribution in [0.2, 0.25) is 0 Å². The van der Waals surface area contributed by atoms with Gasteiger partial charge in [0.2, 0.25) is 5.95 Å². The molecule has 2 rings (SSSR count). The molecule has 0 unspecified atom stereocenters. The second kappa shape index (κ2) is 3.17. The molecule has 0 aromatic carbocycles. The standard InChI is InChI=1S/C9H12N4O/c1-6-4-13(9(10)11-6)5-8-3-7(2)14-12-8/h3-4H,5H2,1-2H3,(H2,10,11). The van der Waals surface area contributed by atoms with Crippen LogP contribution in [0.5, 0.6) is 0 Å². The van der Waals surface area contributed by atoms with Crippen LogP contribution in [0, 0.1) is 13.8 Å². The summed E-state index contributed by atoms with van der Waals surface area (Å²) in [6.45, 7) is 4.37. The first-order chi connectivity index (χ1) is 6.65. The second-order valence-corrected chi connectivity index (χ2v) is 3.30. The molecule has 0 fully saturated rings. The lowest BCUT2D eigenvalue weighted by atomic mass is 10.4. The van der Waals surface area contributed by atoms with Crippen LogP contribution in [-0.2, 0) is 6.54 Å². The van der Waals surface area contributed by atoms with Crippen LogP contribution in [-0.4, -0.2) is 14.7 Å². The van der Waals surface area contributed by atoms with Gasteiger partial charge in [-0.1, -0.05) is 5.16 Å². The number of anilines is 1. The number of imidazole rings is 1. The highest BCUT2D eigenvalue weighted by Crippen LogP contribution is 2.09. The quantitative estimate of drug-likeness (QED) is 0.774. The maximum atomic E-state index is 5.69. The van der Waals surface area contributed by atoms with E-state index in [9.17, 15) is 0 Å². The molecule has 0 radical (unpaired) electrons. The van der Waals surface area contributed by atoms with Gasteiger partial charge in [0.25, 0.3) is 0 Å². The highest BCUT2D eigenvalue weighted by molar-refractivity contribution is 5.22. The second-order valence-electron chi connectivity index (χ2n) is 3.30. The Balaban J connectivity index is 2.22. The van der Waals surface area contributed by atoms with Crippen molar-refractivity contribution in [1.29, 1.82) is 0 Å². The summed E-state index contributed by atoms with van der Waals surface area (Å²) in [6.07, 6.45) is 1.89. The van der Waals surface area contributed by atoms with Crippen molar-refractivity contribution in [3.8, 4) is 0 Å². The van der Waals surface area contributed by atoms with Gasteiger partial charge in [-0.15, -0.1) is 0 Å². The summed E-state index contributed by atoms with van der Waals surface area (Å²) in [4.78, 5) is 4.10. The molecule has 0 aliphatic heterocycles. The highest BCUT2D eigenvalue weighted by atomic mass is 16.5. The molecule has 0 bridgehead atoms. The molecule has 2 aromatic heterocycles. The van der Waals surface area contributed by atoms with Gasteiger partial charge < -0.3 is 14.8 Å². The number of nitrogens with two attached hydrogens (primary N) is 1. The van der Waals surface area contributed by atoms with E-state index < -0.39 is 0 Å². The Morgan fingerprint density at radius 3 is 2.79 bits per heavy atom. The summed E-state index contributed by atoms with van der Waals surface area (Å²) in [5, 5.41) is 3.88. The minimum atomic E-state index is 0.503. The van der Waals surface area contributed by atoms with Crippen LogP contribution in [0.4, 0.5) is 5.95 Å². The fourth-order valence-electron chi connectivity index (χ4n) is 1.36. The molecule has 0 saturated carbocycles. The van der Waals surface area contributed by atoms with Crippen molar-refractivity contribution in [2.24, 2.45) is 0 Å². The maximum Gasteiger partial charge on any atom is 0.200 e. The molecule has 0 aliphatic rings. The predicted molar refractivity (Wildman–Crippen MR) is 51.7 cm³/mol. The Morgan fingerprint density at radius 2 is 2.29 bits per heavy atom. The van der Waals surface area contributed by atoms with Crippen molar-refractivity contribution in [2.45, 2.75) is 20.4 Å². The number of aromatic nitrogens is 3. The van der Waals surface area contributed by atoms with Gasteiger partial charge in [-0.05, 0) is 13.8 Å². The van der Waals surface area contributed by atoms with E-state index in [4.69, 9.17) is 10.3 Å². The summed E-state index contributed by atoms with van der Waals surface area (Å²) < 4.78 is 6.80. The van der Waals surface area contributed by atoms with Gasteiger partial charge >= 0.3 is 0 Å². The normalized spacial score (nSPS) is 10.7. The van der Waals surface area contributed by atoms with Gasteiger partial charge in [0.05, 0.1) is 12.2 Å². The fraction of sp³-hybridized carbons (Fsp3) is 0.333. The highest BCUT2D eigenvalue weighted by Gasteiger charge is 2.05. The molecule has 0 saturated heterocycles. The smallest absolute Gasteiger partial charge is 0.200 e. The molecular formula is C9H12N4O. The van der Waals surface area contributed by atoms with E-state index in [1.165, 1.54) is 0 Å². The topological polar surface area (TPSA) is 69.9 Å². The minimum Gasteiger partial charge on any atom is -0.369 e. The average molecular weight is 192 g/mol. The average Bonchev–Trinajstić information content (AvgIpc) is 2.61. The van der Waals surface area contributed by atoms with E-state index in [0.29, 0.717) is 12.5 Å². The zero-order valence-corrected chi connectivity index (χ0v) is 8.19. The number of aryl methyl sites for hydroxylation is 2. The summed E-state index contributed by atoms with van der Waals surface area (Å²) in [5.74, 6) is 1.30. The summed E-state index contributed by atoms with van der Waals surface area (Å²) in [6, 6.07) is 1.88. The summed E-state index contributed by atoms with van der Waals surface area (Å²) in [5.41, 5.74) is 7.45. The van der Waals surface area contributed by atoms with E-state index >= 15 is 0 Å². The third kappa shape index (κ3) is 1.61. The van der Waals surface area contributed by atoms with Crippen molar-refractivity contribution in [2.75, 3.05) is 5.73 Å². The largest absolute Gasteiger partial charge is 0.369 e. The maximum absolute atomic E-state index is 5.69. The molecule has 0 aliphatic carbocycles. The molecule has 5 heteroatoms. The molecule has 0 atom stereocenters. The SMILES string of the molecule is Cc1cn(Cc2cc(C)on2)c(N)n1. The van der Waals surface area contributed by atoms with Gasteiger partial charge in [0, 0.05) is 12.3 Å². The molecule has 2 aromatic rings. The van der Waals surface area contributed by atoms with Crippen LogP contribution in [0.15, 0.2) is 16.8 Å². The number of hydrogen-bond donors (Lipinski definition) is 1. The lowest BCUT2D eigenvalue weighted by Gasteiger charge is -1.99. The Bertz CT molecular complexity index is 443. The number of hydrogen-bond acceptors (Lipinski definition) is 4. The van der Waals surface area contributed by atoms with Crippen LogP contribution < -0.4 is 5.73 Å². The number of nitrogen functional groups attached to an aromatic ring is 1. The fourth-order valence-corrected chi connectivity index (χ4v) is 1.36. The van der Waals surface area contributed by atoms with Gasteiger partial charge in [0.1, 0.15) is 11.5 Å². The zero-order chi connectivity index (χ0) is 10.1. The molecular weight excluding hydrogens is 180 g/mol. The molecule has 74 valence electrons. The van der Waals surface area contributed by atoms with Crippen molar-refractivity contribution in [3.63, 3.8) is 0 Å². The van der Waals surface area contributed by atoms with Gasteiger partial charge in [0.15, 0.2) is 0 Å². The zero-order valence-electron chi connectivity index (χ0n) is 8.19. The Hall–Kier alpha value is -1.78. The number of rotatable bonds is 2. The van der Waals surface area contributed by atoms with Crippen LogP contribution in [0.3, 0.4) is 0 Å². The summed E-state index contributed by atoms with van der Waals surface area (Å²) >= 11 is 0. The monoisotopic (exact) mass is 192 g/mol. The third-order valence-electron chi connectivity index (χ3n) is 1.94. The Kier molecular flexibility index (Phi) is 1.99. The lowest BCUT2D eigenvalue weighted by molar-refractivity contribution is 0.389.